The zero-order valence-electron chi connectivity index (χ0n) is 28.6. The minimum absolute atomic E-state index is 0.00906. The molecule has 2 saturated carbocycles. The number of nitrogens with zero attached hydrogens (tertiary/aromatic N) is 1. The first-order chi connectivity index (χ1) is 23.8. The van der Waals surface area contributed by atoms with E-state index in [0.29, 0.717) is 30.2 Å². The SMILES string of the molecule is O=C(N[C@@H](CC1CCCCC1)C(=O)NC(CO)CC1CC2(CCN(c3ccccc3)CC2)NC1=O)OC1CCCC1Cc1cccc(Cl)c1. The van der Waals surface area contributed by atoms with E-state index in [1.807, 2.05) is 42.5 Å². The van der Waals surface area contributed by atoms with Crippen molar-refractivity contribution in [3.05, 3.63) is 65.2 Å². The molecule has 49 heavy (non-hydrogen) atoms. The Morgan fingerprint density at radius 1 is 0.959 bits per heavy atom. The molecule has 2 saturated heterocycles. The Morgan fingerprint density at radius 2 is 1.73 bits per heavy atom. The summed E-state index contributed by atoms with van der Waals surface area (Å²) in [5.41, 5.74) is 2.07. The number of halogens is 1. The van der Waals surface area contributed by atoms with Crippen LogP contribution in [0.25, 0.3) is 0 Å². The smallest absolute Gasteiger partial charge is 0.408 e. The van der Waals surface area contributed by atoms with Crippen LogP contribution in [0.5, 0.6) is 0 Å². The number of hydrogen-bond acceptors (Lipinski definition) is 6. The van der Waals surface area contributed by atoms with Gasteiger partial charge >= 0.3 is 6.09 Å². The average molecular weight is 693 g/mol. The average Bonchev–Trinajstić information content (AvgIpc) is 3.66. The molecular formula is C39H53ClN4O5. The summed E-state index contributed by atoms with van der Waals surface area (Å²) in [7, 11) is 0. The Kier molecular flexibility index (Phi) is 12.0. The van der Waals surface area contributed by atoms with Gasteiger partial charge in [0.2, 0.25) is 11.8 Å². The molecule has 4 N–H and O–H groups in total. The molecule has 2 aliphatic carbocycles. The van der Waals surface area contributed by atoms with Gasteiger partial charge < -0.3 is 30.7 Å². The number of aliphatic hydroxyl groups excluding tert-OH is 1. The number of nitrogens with one attached hydrogen (secondary N) is 3. The van der Waals surface area contributed by atoms with E-state index in [-0.39, 0.29) is 41.9 Å². The van der Waals surface area contributed by atoms with Crippen LogP contribution >= 0.6 is 11.6 Å². The van der Waals surface area contributed by atoms with Crippen LogP contribution in [-0.2, 0) is 20.7 Å². The van der Waals surface area contributed by atoms with E-state index >= 15 is 0 Å². The van der Waals surface area contributed by atoms with Gasteiger partial charge in [0, 0.05) is 41.2 Å². The fourth-order valence-electron chi connectivity index (χ4n) is 8.81. The third kappa shape index (κ3) is 9.48. The summed E-state index contributed by atoms with van der Waals surface area (Å²) in [4.78, 5) is 42.7. The van der Waals surface area contributed by atoms with Crippen LogP contribution in [0.2, 0.25) is 5.02 Å². The van der Waals surface area contributed by atoms with E-state index in [0.717, 1.165) is 82.9 Å². The summed E-state index contributed by atoms with van der Waals surface area (Å²) in [5, 5.41) is 20.3. The number of alkyl carbamates (subject to hydrolysis) is 1. The lowest BCUT2D eigenvalue weighted by Gasteiger charge is -2.40. The lowest BCUT2D eigenvalue weighted by Crippen LogP contribution is -2.52. The Bertz CT molecular complexity index is 1410. The largest absolute Gasteiger partial charge is 0.446 e. The molecule has 0 aromatic heterocycles. The van der Waals surface area contributed by atoms with Crippen molar-refractivity contribution in [3.8, 4) is 0 Å². The summed E-state index contributed by atoms with van der Waals surface area (Å²) in [6.45, 7) is 1.45. The van der Waals surface area contributed by atoms with Crippen LogP contribution < -0.4 is 20.9 Å². The highest BCUT2D eigenvalue weighted by Gasteiger charge is 2.46. The fraction of sp³-hybridized carbons (Fsp3) is 0.615. The number of hydrogen-bond donors (Lipinski definition) is 4. The van der Waals surface area contributed by atoms with E-state index in [1.54, 1.807) is 0 Å². The van der Waals surface area contributed by atoms with Crippen LogP contribution in [0.4, 0.5) is 10.5 Å². The van der Waals surface area contributed by atoms with Crippen molar-refractivity contribution in [2.45, 2.75) is 114 Å². The van der Waals surface area contributed by atoms with Gasteiger partial charge in [0.05, 0.1) is 12.6 Å². The predicted molar refractivity (Wildman–Crippen MR) is 191 cm³/mol. The van der Waals surface area contributed by atoms with Crippen molar-refractivity contribution in [3.63, 3.8) is 0 Å². The van der Waals surface area contributed by atoms with Gasteiger partial charge in [-0.3, -0.25) is 9.59 Å². The predicted octanol–water partition coefficient (Wildman–Crippen LogP) is 6.16. The second kappa shape index (κ2) is 16.6. The van der Waals surface area contributed by atoms with Crippen molar-refractivity contribution >= 4 is 35.2 Å². The molecule has 9 nitrogen and oxygen atoms in total. The third-order valence-electron chi connectivity index (χ3n) is 11.5. The van der Waals surface area contributed by atoms with Crippen molar-refractivity contribution in [2.24, 2.45) is 17.8 Å². The number of para-hydroxylation sites is 1. The van der Waals surface area contributed by atoms with Gasteiger partial charge in [0.15, 0.2) is 0 Å². The number of rotatable bonds is 12. The molecule has 1 spiro atoms. The minimum Gasteiger partial charge on any atom is -0.446 e. The van der Waals surface area contributed by atoms with E-state index in [4.69, 9.17) is 16.3 Å². The van der Waals surface area contributed by atoms with Gasteiger partial charge in [-0.25, -0.2) is 4.79 Å². The molecule has 0 radical (unpaired) electrons. The van der Waals surface area contributed by atoms with Crippen LogP contribution in [0, 0.1) is 17.8 Å². The molecule has 2 aliphatic heterocycles. The summed E-state index contributed by atoms with van der Waals surface area (Å²) in [6, 6.07) is 16.8. The number of anilines is 1. The maximum absolute atomic E-state index is 13.8. The summed E-state index contributed by atoms with van der Waals surface area (Å²) in [5.74, 6) is -0.103. The highest BCUT2D eigenvalue weighted by atomic mass is 35.5. The highest BCUT2D eigenvalue weighted by Crippen LogP contribution is 2.38. The van der Waals surface area contributed by atoms with Gasteiger partial charge in [-0.05, 0) is 93.5 Å². The molecule has 2 heterocycles. The van der Waals surface area contributed by atoms with Crippen LogP contribution in [-0.4, -0.2) is 66.4 Å². The molecule has 2 aromatic rings. The van der Waals surface area contributed by atoms with Gasteiger partial charge in [0.25, 0.3) is 0 Å². The van der Waals surface area contributed by atoms with Crippen LogP contribution in [0.15, 0.2) is 54.6 Å². The van der Waals surface area contributed by atoms with Gasteiger partial charge in [-0.15, -0.1) is 0 Å². The zero-order chi connectivity index (χ0) is 34.2. The molecule has 6 rings (SSSR count). The number of amides is 3. The summed E-state index contributed by atoms with van der Waals surface area (Å²) >= 11 is 6.21. The minimum atomic E-state index is -0.775. The zero-order valence-corrected chi connectivity index (χ0v) is 29.3. The molecule has 4 aliphatic rings. The molecule has 5 atom stereocenters. The maximum Gasteiger partial charge on any atom is 0.408 e. The second-order valence-electron chi connectivity index (χ2n) is 15.0. The first-order valence-electron chi connectivity index (χ1n) is 18.5. The first-order valence-corrected chi connectivity index (χ1v) is 18.9. The lowest BCUT2D eigenvalue weighted by atomic mass is 9.82. The number of piperidine rings is 1. The normalized spacial score (nSPS) is 25.1. The van der Waals surface area contributed by atoms with Gasteiger partial charge in [-0.2, -0.15) is 0 Å². The Hall–Kier alpha value is -3.30. The molecular weight excluding hydrogens is 640 g/mol. The highest BCUT2D eigenvalue weighted by molar-refractivity contribution is 6.30. The van der Waals surface area contributed by atoms with Crippen molar-refractivity contribution in [2.75, 3.05) is 24.6 Å². The molecule has 266 valence electrons. The lowest BCUT2D eigenvalue weighted by molar-refractivity contribution is -0.126. The Morgan fingerprint density at radius 3 is 2.47 bits per heavy atom. The summed E-state index contributed by atoms with van der Waals surface area (Å²) < 4.78 is 5.98. The molecule has 0 bridgehead atoms. The number of carbonyl (C=O) groups is 3. The van der Waals surface area contributed by atoms with E-state index < -0.39 is 18.2 Å². The second-order valence-corrected chi connectivity index (χ2v) is 15.5. The molecule has 4 fully saturated rings. The standard InChI is InChI=1S/C39H53ClN4O5/c40-31-13-7-11-28(22-31)21-29-12-8-16-35(29)49-38(48)42-34(23-27-9-3-1-4-10-27)37(47)41-32(26-45)24-30-25-39(43-36(30)46)17-19-44(20-18-39)33-14-5-2-6-15-33/h2,5-7,11,13-15,22,27,29-30,32,34-35,45H,1,3-4,8-10,12,16-21,23-26H2,(H,41,47)(H,42,48)(H,43,46)/t29?,30?,32?,34-,35?/m0/s1. The monoisotopic (exact) mass is 692 g/mol. The molecule has 3 amide bonds. The number of benzene rings is 2. The van der Waals surface area contributed by atoms with E-state index in [2.05, 4.69) is 33.0 Å². The van der Waals surface area contributed by atoms with Crippen LogP contribution in [0.1, 0.15) is 89.0 Å². The van der Waals surface area contributed by atoms with E-state index in [9.17, 15) is 19.5 Å². The van der Waals surface area contributed by atoms with Gasteiger partial charge in [-0.1, -0.05) is 74.0 Å². The summed E-state index contributed by atoms with van der Waals surface area (Å²) in [6.07, 6.45) is 11.5. The van der Waals surface area contributed by atoms with Gasteiger partial charge in [0.1, 0.15) is 12.1 Å². The Labute approximate surface area is 295 Å². The van der Waals surface area contributed by atoms with Crippen molar-refractivity contribution in [1.29, 1.82) is 0 Å². The topological polar surface area (TPSA) is 120 Å². The number of ether oxygens (including phenoxy) is 1. The quantitative estimate of drug-likeness (QED) is 0.212. The van der Waals surface area contributed by atoms with Crippen LogP contribution in [0.3, 0.4) is 0 Å². The number of aliphatic hydroxyl groups is 1. The van der Waals surface area contributed by atoms with Crippen molar-refractivity contribution < 1.29 is 24.2 Å². The number of carbonyl (C=O) groups excluding carboxylic acids is 3. The Balaban J connectivity index is 1.04. The molecule has 10 heteroatoms. The van der Waals surface area contributed by atoms with Crippen molar-refractivity contribution in [1.82, 2.24) is 16.0 Å². The first kappa shape index (κ1) is 35.5. The maximum atomic E-state index is 13.8. The molecule has 4 unspecified atom stereocenters. The fourth-order valence-corrected chi connectivity index (χ4v) is 9.03. The third-order valence-corrected chi connectivity index (χ3v) is 11.7. The van der Waals surface area contributed by atoms with E-state index in [1.165, 1.54) is 12.1 Å². The molecule has 2 aromatic carbocycles.